The van der Waals surface area contributed by atoms with E-state index in [9.17, 15) is 13.6 Å². The highest BCUT2D eigenvalue weighted by atomic mass is 19.3. The SMILES string of the molecule is O=C(NCc1ccccc1-c1ccc(Cn2cccn2)cc1)C1CC(F)(F)CN1. The third-order valence-electron chi connectivity index (χ3n) is 5.07. The molecule has 1 unspecified atom stereocenters. The highest BCUT2D eigenvalue weighted by Gasteiger charge is 2.42. The van der Waals surface area contributed by atoms with E-state index in [1.807, 2.05) is 53.3 Å². The van der Waals surface area contributed by atoms with Crippen LogP contribution in [0.15, 0.2) is 67.0 Å². The van der Waals surface area contributed by atoms with E-state index in [2.05, 4.69) is 27.9 Å². The zero-order valence-electron chi connectivity index (χ0n) is 15.8. The zero-order chi connectivity index (χ0) is 20.3. The Balaban J connectivity index is 1.43. The number of carbonyl (C=O) groups excluding carboxylic acids is 1. The lowest BCUT2D eigenvalue weighted by Crippen LogP contribution is -2.40. The van der Waals surface area contributed by atoms with Crippen molar-refractivity contribution in [3.8, 4) is 11.1 Å². The van der Waals surface area contributed by atoms with E-state index >= 15 is 0 Å². The third kappa shape index (κ3) is 4.68. The monoisotopic (exact) mass is 396 g/mol. The summed E-state index contributed by atoms with van der Waals surface area (Å²) in [6.07, 6.45) is 3.21. The van der Waals surface area contributed by atoms with Gasteiger partial charge >= 0.3 is 0 Å². The summed E-state index contributed by atoms with van der Waals surface area (Å²) >= 11 is 0. The minimum atomic E-state index is -2.82. The molecule has 29 heavy (non-hydrogen) atoms. The molecule has 4 rings (SSSR count). The molecule has 1 aliphatic heterocycles. The number of benzene rings is 2. The molecule has 1 aliphatic rings. The lowest BCUT2D eigenvalue weighted by molar-refractivity contribution is -0.123. The van der Waals surface area contributed by atoms with Gasteiger partial charge in [0.15, 0.2) is 0 Å². The van der Waals surface area contributed by atoms with Gasteiger partial charge < -0.3 is 5.32 Å². The number of carbonyl (C=O) groups is 1. The van der Waals surface area contributed by atoms with E-state index in [-0.39, 0.29) is 6.54 Å². The summed E-state index contributed by atoms with van der Waals surface area (Å²) in [5.74, 6) is -3.22. The predicted octanol–water partition coefficient (Wildman–Crippen LogP) is 3.21. The van der Waals surface area contributed by atoms with E-state index in [0.29, 0.717) is 6.54 Å². The van der Waals surface area contributed by atoms with Gasteiger partial charge in [0.1, 0.15) is 0 Å². The average Bonchev–Trinajstić information content (AvgIpc) is 3.36. The maximum absolute atomic E-state index is 13.3. The molecule has 0 spiro atoms. The molecule has 1 fully saturated rings. The van der Waals surface area contributed by atoms with Crippen LogP contribution in [0.1, 0.15) is 17.5 Å². The van der Waals surface area contributed by atoms with Gasteiger partial charge in [-0.3, -0.25) is 14.8 Å². The smallest absolute Gasteiger partial charge is 0.262 e. The number of hydrogen-bond donors (Lipinski definition) is 2. The summed E-state index contributed by atoms with van der Waals surface area (Å²) in [5, 5.41) is 9.58. The van der Waals surface area contributed by atoms with Crippen molar-refractivity contribution in [2.75, 3.05) is 6.54 Å². The number of alkyl halides is 2. The van der Waals surface area contributed by atoms with Crippen LogP contribution in [0.3, 0.4) is 0 Å². The molecule has 3 aromatic rings. The highest BCUT2D eigenvalue weighted by Crippen LogP contribution is 2.26. The van der Waals surface area contributed by atoms with E-state index in [1.54, 1.807) is 6.20 Å². The molecule has 0 bridgehead atoms. The summed E-state index contributed by atoms with van der Waals surface area (Å²) in [7, 11) is 0. The third-order valence-corrected chi connectivity index (χ3v) is 5.07. The lowest BCUT2D eigenvalue weighted by atomic mass is 9.98. The minimum absolute atomic E-state index is 0.286. The Labute approximate surface area is 167 Å². The molecule has 0 radical (unpaired) electrons. The van der Waals surface area contributed by atoms with E-state index in [1.165, 1.54) is 0 Å². The Morgan fingerprint density at radius 2 is 1.97 bits per heavy atom. The zero-order valence-corrected chi connectivity index (χ0v) is 15.8. The summed E-state index contributed by atoms with van der Waals surface area (Å²) in [4.78, 5) is 12.2. The van der Waals surface area contributed by atoms with Crippen molar-refractivity contribution in [2.24, 2.45) is 0 Å². The molecule has 0 saturated carbocycles. The fourth-order valence-electron chi connectivity index (χ4n) is 3.53. The van der Waals surface area contributed by atoms with Crippen LogP contribution < -0.4 is 10.6 Å². The second-order valence-electron chi connectivity index (χ2n) is 7.27. The van der Waals surface area contributed by atoms with Crippen LogP contribution in [0, 0.1) is 0 Å². The number of nitrogens with one attached hydrogen (secondary N) is 2. The maximum atomic E-state index is 13.3. The van der Waals surface area contributed by atoms with E-state index < -0.39 is 30.8 Å². The van der Waals surface area contributed by atoms with Crippen molar-refractivity contribution >= 4 is 5.91 Å². The summed E-state index contributed by atoms with van der Waals surface area (Å²) in [6, 6.07) is 17.0. The quantitative estimate of drug-likeness (QED) is 0.673. The molecule has 7 heteroatoms. The van der Waals surface area contributed by atoms with Crippen LogP contribution in [0.5, 0.6) is 0 Å². The van der Waals surface area contributed by atoms with Crippen LogP contribution in [0.2, 0.25) is 0 Å². The van der Waals surface area contributed by atoms with Crippen LogP contribution in [-0.2, 0) is 17.9 Å². The normalized spacial score (nSPS) is 17.9. The topological polar surface area (TPSA) is 59.0 Å². The fraction of sp³-hybridized carbons (Fsp3) is 0.273. The maximum Gasteiger partial charge on any atom is 0.262 e. The molecule has 0 aliphatic carbocycles. The molecule has 2 aromatic carbocycles. The molecule has 2 N–H and O–H groups in total. The Bertz CT molecular complexity index is 971. The summed E-state index contributed by atoms with van der Waals surface area (Å²) in [5.41, 5.74) is 4.11. The number of hydrogen-bond acceptors (Lipinski definition) is 3. The second-order valence-corrected chi connectivity index (χ2v) is 7.27. The molecule has 1 amide bonds. The molecule has 5 nitrogen and oxygen atoms in total. The van der Waals surface area contributed by atoms with Crippen molar-refractivity contribution in [1.82, 2.24) is 20.4 Å². The van der Waals surface area contributed by atoms with Gasteiger partial charge in [-0.1, -0.05) is 48.5 Å². The molecule has 1 saturated heterocycles. The standard InChI is InChI=1S/C22H22F2N4O/c23-22(24)12-20(26-15-22)21(29)25-13-18-4-1-2-5-19(18)17-8-6-16(7-9-17)14-28-11-3-10-27-28/h1-11,20,26H,12-15H2,(H,25,29). The lowest BCUT2D eigenvalue weighted by Gasteiger charge is -2.14. The van der Waals surface area contributed by atoms with Crippen LogP contribution in [-0.4, -0.2) is 34.2 Å². The first kappa shape index (κ1) is 19.3. The Hall–Kier alpha value is -3.06. The van der Waals surface area contributed by atoms with Crippen molar-refractivity contribution in [2.45, 2.75) is 31.5 Å². The number of rotatable bonds is 6. The molecule has 2 heterocycles. The first-order valence-electron chi connectivity index (χ1n) is 9.54. The number of halogens is 2. The summed E-state index contributed by atoms with van der Waals surface area (Å²) in [6.45, 7) is 0.532. The first-order chi connectivity index (χ1) is 14.0. The van der Waals surface area contributed by atoms with Gasteiger partial charge in [-0.05, 0) is 28.3 Å². The van der Waals surface area contributed by atoms with Crippen molar-refractivity contribution in [1.29, 1.82) is 0 Å². The number of aromatic nitrogens is 2. The van der Waals surface area contributed by atoms with Gasteiger partial charge in [0.25, 0.3) is 5.92 Å². The molecule has 150 valence electrons. The van der Waals surface area contributed by atoms with E-state index in [4.69, 9.17) is 0 Å². The average molecular weight is 396 g/mol. The molecule has 1 atom stereocenters. The summed E-state index contributed by atoms with van der Waals surface area (Å²) < 4.78 is 28.5. The van der Waals surface area contributed by atoms with Gasteiger partial charge in [-0.25, -0.2) is 8.78 Å². The van der Waals surface area contributed by atoms with Crippen LogP contribution in [0.25, 0.3) is 11.1 Å². The molecule has 1 aromatic heterocycles. The van der Waals surface area contributed by atoms with Crippen LogP contribution in [0.4, 0.5) is 8.78 Å². The van der Waals surface area contributed by atoms with Crippen molar-refractivity contribution in [3.63, 3.8) is 0 Å². The van der Waals surface area contributed by atoms with E-state index in [0.717, 1.165) is 22.3 Å². The first-order valence-corrected chi connectivity index (χ1v) is 9.54. The van der Waals surface area contributed by atoms with Gasteiger partial charge in [-0.2, -0.15) is 5.10 Å². The van der Waals surface area contributed by atoms with Crippen molar-refractivity contribution in [3.05, 3.63) is 78.1 Å². The number of nitrogens with zero attached hydrogens (tertiary/aromatic N) is 2. The predicted molar refractivity (Wildman–Crippen MR) is 106 cm³/mol. The van der Waals surface area contributed by atoms with Gasteiger partial charge in [0, 0.05) is 25.4 Å². The van der Waals surface area contributed by atoms with Crippen molar-refractivity contribution < 1.29 is 13.6 Å². The largest absolute Gasteiger partial charge is 0.351 e. The van der Waals surface area contributed by atoms with Gasteiger partial charge in [0.05, 0.1) is 19.1 Å². The number of amides is 1. The van der Waals surface area contributed by atoms with Gasteiger partial charge in [0.2, 0.25) is 5.91 Å². The van der Waals surface area contributed by atoms with Crippen LogP contribution >= 0.6 is 0 Å². The minimum Gasteiger partial charge on any atom is -0.351 e. The second kappa shape index (κ2) is 8.13. The molecular formula is C22H22F2N4O. The Morgan fingerprint density at radius 3 is 2.66 bits per heavy atom. The molecular weight excluding hydrogens is 374 g/mol. The highest BCUT2D eigenvalue weighted by molar-refractivity contribution is 5.82. The Kier molecular flexibility index (Phi) is 5.40. The Morgan fingerprint density at radius 1 is 1.17 bits per heavy atom. The van der Waals surface area contributed by atoms with Gasteiger partial charge in [-0.15, -0.1) is 0 Å². The fourth-order valence-corrected chi connectivity index (χ4v) is 3.53.